The number of guanidine groups is 1. The van der Waals surface area contributed by atoms with E-state index in [1.807, 2.05) is 11.8 Å². The molecule has 5 nitrogen and oxygen atoms in total. The van der Waals surface area contributed by atoms with Gasteiger partial charge in [0, 0.05) is 39.1 Å². The second-order valence-corrected chi connectivity index (χ2v) is 6.38. The Bertz CT molecular complexity index is 347. The van der Waals surface area contributed by atoms with Gasteiger partial charge in [0.15, 0.2) is 5.96 Å². The molecule has 1 fully saturated rings. The summed E-state index contributed by atoms with van der Waals surface area (Å²) in [5, 5.41) is 6.46. The third-order valence-corrected chi connectivity index (χ3v) is 3.60. The van der Waals surface area contributed by atoms with Gasteiger partial charge in [0.2, 0.25) is 5.91 Å². The standard InChI is InChI=1S/C16H32N4O.HI/c1-5-17-16(19-11-13(2)3)18-9-8-15(21)20-10-6-7-14(4)12-20;/h13-14H,5-12H2,1-4H3,(H2,17,18,19);1H. The van der Waals surface area contributed by atoms with Gasteiger partial charge in [-0.05, 0) is 31.6 Å². The van der Waals surface area contributed by atoms with Gasteiger partial charge in [-0.3, -0.25) is 9.79 Å². The average Bonchev–Trinajstić information content (AvgIpc) is 2.44. The number of amides is 1. The molecule has 0 spiro atoms. The summed E-state index contributed by atoms with van der Waals surface area (Å²) in [6.45, 7) is 12.7. The van der Waals surface area contributed by atoms with Crippen LogP contribution < -0.4 is 10.6 Å². The van der Waals surface area contributed by atoms with E-state index in [1.165, 1.54) is 6.42 Å². The van der Waals surface area contributed by atoms with E-state index in [1.54, 1.807) is 0 Å². The van der Waals surface area contributed by atoms with Crippen LogP contribution in [0.4, 0.5) is 0 Å². The summed E-state index contributed by atoms with van der Waals surface area (Å²) in [7, 11) is 0. The van der Waals surface area contributed by atoms with Gasteiger partial charge in [-0.15, -0.1) is 24.0 Å². The molecule has 0 aromatic rings. The summed E-state index contributed by atoms with van der Waals surface area (Å²) in [4.78, 5) is 18.7. The van der Waals surface area contributed by atoms with E-state index >= 15 is 0 Å². The summed E-state index contributed by atoms with van der Waals surface area (Å²) >= 11 is 0. The largest absolute Gasteiger partial charge is 0.357 e. The first-order chi connectivity index (χ1) is 10.0. The average molecular weight is 424 g/mol. The van der Waals surface area contributed by atoms with Gasteiger partial charge < -0.3 is 15.5 Å². The molecule has 0 aromatic carbocycles. The van der Waals surface area contributed by atoms with Crippen molar-refractivity contribution in [3.63, 3.8) is 0 Å². The number of hydrogen-bond acceptors (Lipinski definition) is 2. The molecule has 1 amide bonds. The van der Waals surface area contributed by atoms with Gasteiger partial charge in [-0.25, -0.2) is 0 Å². The van der Waals surface area contributed by atoms with Gasteiger partial charge in [-0.1, -0.05) is 20.8 Å². The summed E-state index contributed by atoms with van der Waals surface area (Å²) in [6.07, 6.45) is 2.92. The fourth-order valence-electron chi connectivity index (χ4n) is 2.48. The van der Waals surface area contributed by atoms with Crippen LogP contribution in [0.3, 0.4) is 0 Å². The molecule has 1 aliphatic rings. The maximum Gasteiger partial charge on any atom is 0.224 e. The number of nitrogens with zero attached hydrogens (tertiary/aromatic N) is 2. The Morgan fingerprint density at radius 3 is 2.68 bits per heavy atom. The fraction of sp³-hybridized carbons (Fsp3) is 0.875. The molecule has 1 rings (SSSR count). The van der Waals surface area contributed by atoms with Crippen molar-refractivity contribution in [1.82, 2.24) is 15.5 Å². The van der Waals surface area contributed by atoms with Crippen molar-refractivity contribution in [3.8, 4) is 0 Å². The van der Waals surface area contributed by atoms with Crippen molar-refractivity contribution >= 4 is 35.8 Å². The Morgan fingerprint density at radius 1 is 1.36 bits per heavy atom. The number of halogens is 1. The van der Waals surface area contributed by atoms with Crippen LogP contribution in [0.1, 0.15) is 47.0 Å². The van der Waals surface area contributed by atoms with Crippen LogP contribution in [-0.4, -0.2) is 49.5 Å². The molecule has 1 aliphatic heterocycles. The highest BCUT2D eigenvalue weighted by atomic mass is 127. The van der Waals surface area contributed by atoms with Crippen molar-refractivity contribution < 1.29 is 4.79 Å². The van der Waals surface area contributed by atoms with Crippen molar-refractivity contribution in [2.75, 3.05) is 32.7 Å². The topological polar surface area (TPSA) is 56.7 Å². The molecule has 1 saturated heterocycles. The van der Waals surface area contributed by atoms with E-state index in [9.17, 15) is 4.79 Å². The van der Waals surface area contributed by atoms with Crippen molar-refractivity contribution in [2.24, 2.45) is 16.8 Å². The minimum Gasteiger partial charge on any atom is -0.357 e. The monoisotopic (exact) mass is 424 g/mol. The SMILES string of the molecule is CCNC(=NCC(C)C)NCCC(=O)N1CCCC(C)C1.I. The first kappa shape index (κ1) is 21.5. The van der Waals surface area contributed by atoms with Crippen LogP contribution in [-0.2, 0) is 4.79 Å². The number of piperidine rings is 1. The van der Waals surface area contributed by atoms with Crippen molar-refractivity contribution in [2.45, 2.75) is 47.0 Å². The quantitative estimate of drug-likeness (QED) is 0.391. The molecule has 0 aliphatic carbocycles. The van der Waals surface area contributed by atoms with Crippen LogP contribution >= 0.6 is 24.0 Å². The molecular formula is C16H33IN4O. The maximum absolute atomic E-state index is 12.2. The highest BCUT2D eigenvalue weighted by Gasteiger charge is 2.20. The highest BCUT2D eigenvalue weighted by molar-refractivity contribution is 14.0. The van der Waals surface area contributed by atoms with Gasteiger partial charge in [0.1, 0.15) is 0 Å². The predicted molar refractivity (Wildman–Crippen MR) is 104 cm³/mol. The number of carbonyl (C=O) groups is 1. The number of carbonyl (C=O) groups excluding carboxylic acids is 1. The lowest BCUT2D eigenvalue weighted by Gasteiger charge is -2.31. The summed E-state index contributed by atoms with van der Waals surface area (Å²) in [6, 6.07) is 0. The predicted octanol–water partition coefficient (Wildman–Crippen LogP) is 2.46. The lowest BCUT2D eigenvalue weighted by atomic mass is 10.00. The molecule has 1 heterocycles. The molecule has 0 bridgehead atoms. The molecule has 6 heteroatoms. The Balaban J connectivity index is 0.00000441. The maximum atomic E-state index is 12.2. The van der Waals surface area contributed by atoms with Crippen molar-refractivity contribution in [3.05, 3.63) is 0 Å². The Morgan fingerprint density at radius 2 is 2.09 bits per heavy atom. The summed E-state index contributed by atoms with van der Waals surface area (Å²) < 4.78 is 0. The van der Waals surface area contributed by atoms with E-state index in [0.29, 0.717) is 24.8 Å². The van der Waals surface area contributed by atoms with Crippen LogP contribution in [0.2, 0.25) is 0 Å². The number of nitrogens with one attached hydrogen (secondary N) is 2. The zero-order chi connectivity index (χ0) is 15.7. The van der Waals surface area contributed by atoms with Crippen LogP contribution in [0.5, 0.6) is 0 Å². The molecule has 22 heavy (non-hydrogen) atoms. The Hall–Kier alpha value is -0.530. The first-order valence-corrected chi connectivity index (χ1v) is 8.32. The first-order valence-electron chi connectivity index (χ1n) is 8.32. The molecule has 130 valence electrons. The second-order valence-electron chi connectivity index (χ2n) is 6.38. The molecule has 1 unspecified atom stereocenters. The minimum atomic E-state index is 0. The van der Waals surface area contributed by atoms with Crippen molar-refractivity contribution in [1.29, 1.82) is 0 Å². The second kappa shape index (κ2) is 12.0. The van der Waals surface area contributed by atoms with E-state index in [4.69, 9.17) is 0 Å². The third kappa shape index (κ3) is 8.80. The number of aliphatic imine (C=N–C) groups is 1. The molecule has 2 N–H and O–H groups in total. The molecule has 1 atom stereocenters. The zero-order valence-electron chi connectivity index (χ0n) is 14.5. The molecular weight excluding hydrogens is 391 g/mol. The summed E-state index contributed by atoms with van der Waals surface area (Å²) in [5.74, 6) is 2.25. The van der Waals surface area contributed by atoms with E-state index < -0.39 is 0 Å². The number of hydrogen-bond donors (Lipinski definition) is 2. The highest BCUT2D eigenvalue weighted by Crippen LogP contribution is 2.15. The normalized spacial score (nSPS) is 18.9. The fourth-order valence-corrected chi connectivity index (χ4v) is 2.48. The summed E-state index contributed by atoms with van der Waals surface area (Å²) in [5.41, 5.74) is 0. The van der Waals surface area contributed by atoms with Crippen LogP contribution in [0, 0.1) is 11.8 Å². The van der Waals surface area contributed by atoms with E-state index in [0.717, 1.165) is 38.6 Å². The lowest BCUT2D eigenvalue weighted by molar-refractivity contribution is -0.132. The zero-order valence-corrected chi connectivity index (χ0v) is 16.9. The molecule has 0 saturated carbocycles. The Kier molecular flexibility index (Phi) is 11.7. The van der Waals surface area contributed by atoms with Crippen LogP contribution in [0.15, 0.2) is 4.99 Å². The molecule has 0 aromatic heterocycles. The number of rotatable bonds is 6. The minimum absolute atomic E-state index is 0. The smallest absolute Gasteiger partial charge is 0.224 e. The third-order valence-electron chi connectivity index (χ3n) is 3.60. The van der Waals surface area contributed by atoms with Crippen LogP contribution in [0.25, 0.3) is 0 Å². The van der Waals surface area contributed by atoms with E-state index in [2.05, 4.69) is 36.4 Å². The van der Waals surface area contributed by atoms with Gasteiger partial charge in [-0.2, -0.15) is 0 Å². The lowest BCUT2D eigenvalue weighted by Crippen LogP contribution is -2.42. The van der Waals surface area contributed by atoms with Gasteiger partial charge in [0.05, 0.1) is 0 Å². The van der Waals surface area contributed by atoms with Gasteiger partial charge in [0.25, 0.3) is 0 Å². The Labute approximate surface area is 152 Å². The molecule has 0 radical (unpaired) electrons. The number of likely N-dealkylation sites (tertiary alicyclic amines) is 1. The van der Waals surface area contributed by atoms with Gasteiger partial charge >= 0.3 is 0 Å². The van der Waals surface area contributed by atoms with E-state index in [-0.39, 0.29) is 29.9 Å².